The molecular weight excluding hydrogens is 324 g/mol. The van der Waals surface area contributed by atoms with Crippen molar-refractivity contribution in [2.75, 3.05) is 12.4 Å². The summed E-state index contributed by atoms with van der Waals surface area (Å²) < 4.78 is 5.12. The van der Waals surface area contributed by atoms with Crippen molar-refractivity contribution in [2.45, 2.75) is 13.8 Å². The van der Waals surface area contributed by atoms with Crippen LogP contribution in [0.4, 0.5) is 5.69 Å². The molecule has 8 heteroatoms. The van der Waals surface area contributed by atoms with Gasteiger partial charge in [-0.05, 0) is 31.5 Å². The Morgan fingerprint density at radius 1 is 1.32 bits per heavy atom. The van der Waals surface area contributed by atoms with Gasteiger partial charge in [-0.3, -0.25) is 4.79 Å². The first-order chi connectivity index (χ1) is 11.9. The number of aromatic amines is 1. The molecular formula is C17H16N4O4. The Bertz CT molecular complexity index is 940. The Kier molecular flexibility index (Phi) is 4.10. The first-order valence-corrected chi connectivity index (χ1v) is 7.45. The minimum absolute atomic E-state index is 0.188. The fraction of sp³-hybridized carbons (Fsp3) is 0.176. The SMILES string of the molecule is COc1ccc2c(c1)NC(=O)C2=NN=Cc1[nH]c(C)c(C(=O)O)c1C. The summed E-state index contributed by atoms with van der Waals surface area (Å²) in [6.45, 7) is 3.36. The largest absolute Gasteiger partial charge is 0.497 e. The predicted molar refractivity (Wildman–Crippen MR) is 93.0 cm³/mol. The number of nitrogens with zero attached hydrogens (tertiary/aromatic N) is 2. The second kappa shape index (κ2) is 6.23. The molecule has 0 aliphatic carbocycles. The van der Waals surface area contributed by atoms with Crippen LogP contribution in [0.5, 0.6) is 5.75 Å². The normalized spacial score (nSPS) is 14.8. The number of carbonyl (C=O) groups excluding carboxylic acids is 1. The van der Waals surface area contributed by atoms with Crippen molar-refractivity contribution < 1.29 is 19.4 Å². The predicted octanol–water partition coefficient (Wildman–Crippen LogP) is 2.11. The molecule has 1 aliphatic rings. The van der Waals surface area contributed by atoms with Gasteiger partial charge in [0.05, 0.1) is 30.3 Å². The second-order valence-corrected chi connectivity index (χ2v) is 5.53. The van der Waals surface area contributed by atoms with Gasteiger partial charge >= 0.3 is 5.97 Å². The summed E-state index contributed by atoms with van der Waals surface area (Å²) in [5, 5.41) is 19.8. The van der Waals surface area contributed by atoms with Crippen LogP contribution in [0.2, 0.25) is 0 Å². The lowest BCUT2D eigenvalue weighted by atomic mass is 10.1. The van der Waals surface area contributed by atoms with Crippen LogP contribution >= 0.6 is 0 Å². The monoisotopic (exact) mass is 340 g/mol. The minimum atomic E-state index is -1.00. The Labute approximate surface area is 143 Å². The van der Waals surface area contributed by atoms with Gasteiger partial charge in [0.15, 0.2) is 5.71 Å². The fourth-order valence-corrected chi connectivity index (χ4v) is 2.73. The Hall–Kier alpha value is -3.42. The number of methoxy groups -OCH3 is 1. The number of anilines is 1. The number of rotatable bonds is 4. The quantitative estimate of drug-likeness (QED) is 0.584. The zero-order chi connectivity index (χ0) is 18.1. The third-order valence-electron chi connectivity index (χ3n) is 3.98. The number of hydrogen-bond acceptors (Lipinski definition) is 5. The van der Waals surface area contributed by atoms with Gasteiger partial charge in [-0.2, -0.15) is 5.10 Å². The molecule has 3 N–H and O–H groups in total. The van der Waals surface area contributed by atoms with Crippen molar-refractivity contribution in [1.82, 2.24) is 4.98 Å². The second-order valence-electron chi connectivity index (χ2n) is 5.53. The van der Waals surface area contributed by atoms with Gasteiger partial charge in [0.25, 0.3) is 5.91 Å². The van der Waals surface area contributed by atoms with E-state index in [9.17, 15) is 14.7 Å². The summed E-state index contributed by atoms with van der Waals surface area (Å²) in [6.07, 6.45) is 1.40. The lowest BCUT2D eigenvalue weighted by molar-refractivity contribution is -0.110. The van der Waals surface area contributed by atoms with E-state index in [2.05, 4.69) is 20.5 Å². The lowest BCUT2D eigenvalue weighted by Crippen LogP contribution is -2.13. The van der Waals surface area contributed by atoms with E-state index in [4.69, 9.17) is 4.74 Å². The molecule has 128 valence electrons. The van der Waals surface area contributed by atoms with Crippen LogP contribution in [0.15, 0.2) is 28.4 Å². The van der Waals surface area contributed by atoms with E-state index in [0.29, 0.717) is 34.0 Å². The molecule has 1 aliphatic heterocycles. The summed E-state index contributed by atoms with van der Waals surface area (Å²) in [7, 11) is 1.55. The molecule has 0 unspecified atom stereocenters. The number of hydrogen-bond donors (Lipinski definition) is 3. The molecule has 0 radical (unpaired) electrons. The van der Waals surface area contributed by atoms with Crippen LogP contribution in [0.1, 0.15) is 32.9 Å². The van der Waals surface area contributed by atoms with Gasteiger partial charge < -0.3 is 20.1 Å². The number of benzene rings is 1. The number of aromatic carboxylic acids is 1. The fourth-order valence-electron chi connectivity index (χ4n) is 2.73. The van der Waals surface area contributed by atoms with Crippen LogP contribution in [0, 0.1) is 13.8 Å². The molecule has 1 aromatic carbocycles. The molecule has 25 heavy (non-hydrogen) atoms. The smallest absolute Gasteiger partial charge is 0.337 e. The summed E-state index contributed by atoms with van der Waals surface area (Å²) in [5.74, 6) is -0.733. The molecule has 8 nitrogen and oxygen atoms in total. The zero-order valence-electron chi connectivity index (χ0n) is 13.9. The summed E-state index contributed by atoms with van der Waals surface area (Å²) in [5.41, 5.74) is 3.28. The number of carbonyl (C=O) groups is 2. The molecule has 1 amide bonds. The Morgan fingerprint density at radius 2 is 2.08 bits per heavy atom. The van der Waals surface area contributed by atoms with Crippen molar-refractivity contribution in [3.8, 4) is 5.75 Å². The number of aromatic nitrogens is 1. The van der Waals surface area contributed by atoms with E-state index in [1.807, 2.05) is 0 Å². The van der Waals surface area contributed by atoms with E-state index in [1.165, 1.54) is 6.21 Å². The molecule has 0 saturated carbocycles. The maximum atomic E-state index is 12.0. The third kappa shape index (κ3) is 2.89. The van der Waals surface area contributed by atoms with Crippen molar-refractivity contribution in [3.63, 3.8) is 0 Å². The average Bonchev–Trinajstić information content (AvgIpc) is 3.03. The zero-order valence-corrected chi connectivity index (χ0v) is 13.9. The number of carboxylic acids is 1. The molecule has 0 spiro atoms. The topological polar surface area (TPSA) is 116 Å². The molecule has 1 aromatic heterocycles. The molecule has 3 rings (SSSR count). The van der Waals surface area contributed by atoms with Crippen molar-refractivity contribution in [1.29, 1.82) is 0 Å². The number of ether oxygens (including phenoxy) is 1. The van der Waals surface area contributed by atoms with Crippen LogP contribution in [-0.2, 0) is 4.79 Å². The van der Waals surface area contributed by atoms with Crippen molar-refractivity contribution in [3.05, 3.63) is 46.3 Å². The number of nitrogens with one attached hydrogen (secondary N) is 2. The summed E-state index contributed by atoms with van der Waals surface area (Å²) in [6, 6.07) is 5.17. The summed E-state index contributed by atoms with van der Waals surface area (Å²) in [4.78, 5) is 26.2. The number of fused-ring (bicyclic) bond motifs is 1. The molecule has 0 bridgehead atoms. The van der Waals surface area contributed by atoms with Crippen LogP contribution in [0.25, 0.3) is 0 Å². The van der Waals surface area contributed by atoms with Gasteiger partial charge in [0.1, 0.15) is 5.75 Å². The van der Waals surface area contributed by atoms with Crippen LogP contribution in [0.3, 0.4) is 0 Å². The van der Waals surface area contributed by atoms with E-state index < -0.39 is 5.97 Å². The van der Waals surface area contributed by atoms with Gasteiger partial charge in [0.2, 0.25) is 0 Å². The van der Waals surface area contributed by atoms with Crippen LogP contribution < -0.4 is 10.1 Å². The van der Waals surface area contributed by atoms with E-state index in [0.717, 1.165) is 0 Å². The highest BCUT2D eigenvalue weighted by Gasteiger charge is 2.26. The third-order valence-corrected chi connectivity index (χ3v) is 3.98. The van der Waals surface area contributed by atoms with Crippen LogP contribution in [-0.4, -0.2) is 41.0 Å². The van der Waals surface area contributed by atoms with E-state index >= 15 is 0 Å². The van der Waals surface area contributed by atoms with Gasteiger partial charge in [-0.25, -0.2) is 4.79 Å². The van der Waals surface area contributed by atoms with Crippen molar-refractivity contribution in [2.24, 2.45) is 10.2 Å². The first-order valence-electron chi connectivity index (χ1n) is 7.45. The van der Waals surface area contributed by atoms with E-state index in [1.54, 1.807) is 39.2 Å². The van der Waals surface area contributed by atoms with Gasteiger partial charge in [0, 0.05) is 17.3 Å². The Morgan fingerprint density at radius 3 is 2.72 bits per heavy atom. The maximum absolute atomic E-state index is 12.0. The average molecular weight is 340 g/mol. The molecule has 0 fully saturated rings. The summed E-state index contributed by atoms with van der Waals surface area (Å²) >= 11 is 0. The number of H-pyrrole nitrogens is 1. The standard InChI is InChI=1S/C17H16N4O4/c1-8-13(19-9(2)14(8)17(23)24)7-18-21-15-11-5-4-10(25-3)6-12(11)20-16(15)22/h4-7,19H,1-3H3,(H,23,24)(H,20,21,22). The highest BCUT2D eigenvalue weighted by atomic mass is 16.5. The molecule has 2 aromatic rings. The molecule has 2 heterocycles. The highest BCUT2D eigenvalue weighted by molar-refractivity contribution is 6.53. The lowest BCUT2D eigenvalue weighted by Gasteiger charge is -2.01. The minimum Gasteiger partial charge on any atom is -0.497 e. The molecule has 0 saturated heterocycles. The van der Waals surface area contributed by atoms with E-state index in [-0.39, 0.29) is 17.2 Å². The molecule has 0 atom stereocenters. The van der Waals surface area contributed by atoms with Gasteiger partial charge in [-0.15, -0.1) is 5.10 Å². The number of carboxylic acid groups (broad SMARTS) is 1. The number of aryl methyl sites for hydroxylation is 1. The van der Waals surface area contributed by atoms with Gasteiger partial charge in [-0.1, -0.05) is 0 Å². The highest BCUT2D eigenvalue weighted by Crippen LogP contribution is 2.28. The van der Waals surface area contributed by atoms with Crippen molar-refractivity contribution >= 4 is 29.5 Å². The Balaban J connectivity index is 1.91. The first kappa shape index (κ1) is 16.4. The number of amides is 1. The maximum Gasteiger partial charge on any atom is 0.337 e.